The Kier molecular flexibility index (Phi) is 2.70. The van der Waals surface area contributed by atoms with E-state index in [4.69, 9.17) is 5.73 Å². The second-order valence-electron chi connectivity index (χ2n) is 3.83. The van der Waals surface area contributed by atoms with Crippen LogP contribution in [0, 0.1) is 5.82 Å². The SMILES string of the molecule is NC(c1cccc(F)c1)c1cc2sccc2s1. The Labute approximate surface area is 106 Å². The molecule has 1 nitrogen and oxygen atoms in total. The molecule has 2 N–H and O–H groups in total. The van der Waals surface area contributed by atoms with Gasteiger partial charge < -0.3 is 5.73 Å². The van der Waals surface area contributed by atoms with Crippen LogP contribution in [0.1, 0.15) is 16.5 Å². The minimum absolute atomic E-state index is 0.240. The summed E-state index contributed by atoms with van der Waals surface area (Å²) >= 11 is 3.38. The molecule has 0 aliphatic heterocycles. The van der Waals surface area contributed by atoms with E-state index in [1.54, 1.807) is 28.7 Å². The number of hydrogen-bond donors (Lipinski definition) is 1. The van der Waals surface area contributed by atoms with Gasteiger partial charge in [-0.2, -0.15) is 0 Å². The molecule has 17 heavy (non-hydrogen) atoms. The average molecular weight is 263 g/mol. The Balaban J connectivity index is 2.01. The molecule has 2 aromatic heterocycles. The first-order valence-electron chi connectivity index (χ1n) is 5.22. The average Bonchev–Trinajstić information content (AvgIpc) is 2.88. The molecule has 0 spiro atoms. The number of nitrogens with two attached hydrogens (primary N) is 1. The first-order valence-corrected chi connectivity index (χ1v) is 6.91. The van der Waals surface area contributed by atoms with Crippen molar-refractivity contribution in [1.29, 1.82) is 0 Å². The quantitative estimate of drug-likeness (QED) is 0.738. The van der Waals surface area contributed by atoms with Crippen molar-refractivity contribution in [3.05, 3.63) is 58.0 Å². The van der Waals surface area contributed by atoms with Crippen molar-refractivity contribution in [3.8, 4) is 0 Å². The highest BCUT2D eigenvalue weighted by Crippen LogP contribution is 2.34. The van der Waals surface area contributed by atoms with Crippen LogP contribution in [0.15, 0.2) is 41.8 Å². The lowest BCUT2D eigenvalue weighted by Crippen LogP contribution is -2.10. The van der Waals surface area contributed by atoms with Crippen LogP contribution >= 0.6 is 22.7 Å². The van der Waals surface area contributed by atoms with Crippen LogP contribution in [-0.4, -0.2) is 0 Å². The smallest absolute Gasteiger partial charge is 0.123 e. The van der Waals surface area contributed by atoms with Crippen LogP contribution in [0.4, 0.5) is 4.39 Å². The first kappa shape index (κ1) is 10.9. The molecule has 0 saturated heterocycles. The van der Waals surface area contributed by atoms with Crippen molar-refractivity contribution in [1.82, 2.24) is 0 Å². The maximum Gasteiger partial charge on any atom is 0.123 e. The van der Waals surface area contributed by atoms with E-state index >= 15 is 0 Å². The molecule has 3 rings (SSSR count). The number of benzene rings is 1. The Morgan fingerprint density at radius 2 is 2.00 bits per heavy atom. The fourth-order valence-corrected chi connectivity index (χ4v) is 3.95. The molecule has 1 unspecified atom stereocenters. The molecule has 0 bridgehead atoms. The molecule has 0 radical (unpaired) electrons. The van der Waals surface area contributed by atoms with Crippen LogP contribution in [-0.2, 0) is 0 Å². The fourth-order valence-electron chi connectivity index (χ4n) is 1.80. The van der Waals surface area contributed by atoms with Crippen molar-refractivity contribution in [2.24, 2.45) is 5.73 Å². The minimum atomic E-state index is -0.240. The third-order valence-electron chi connectivity index (χ3n) is 2.67. The second kappa shape index (κ2) is 4.22. The zero-order valence-corrected chi connectivity index (χ0v) is 10.5. The van der Waals surface area contributed by atoms with Gasteiger partial charge in [0.05, 0.1) is 6.04 Å². The Hall–Kier alpha value is -1.23. The molecule has 1 atom stereocenters. The van der Waals surface area contributed by atoms with Crippen LogP contribution in [0.3, 0.4) is 0 Å². The predicted octanol–water partition coefficient (Wildman–Crippen LogP) is 4.15. The summed E-state index contributed by atoms with van der Waals surface area (Å²) in [5.41, 5.74) is 6.98. The van der Waals surface area contributed by atoms with E-state index in [1.807, 2.05) is 6.07 Å². The molecule has 0 aliphatic carbocycles. The monoisotopic (exact) mass is 263 g/mol. The van der Waals surface area contributed by atoms with Gasteiger partial charge in [0.1, 0.15) is 5.82 Å². The third-order valence-corrected chi connectivity index (χ3v) is 4.85. The van der Waals surface area contributed by atoms with E-state index in [0.717, 1.165) is 10.4 Å². The molecule has 4 heteroatoms. The molecular formula is C13H10FNS2. The van der Waals surface area contributed by atoms with Gasteiger partial charge in [-0.25, -0.2) is 4.39 Å². The molecular weight excluding hydrogens is 253 g/mol. The molecule has 86 valence electrons. The van der Waals surface area contributed by atoms with Crippen molar-refractivity contribution in [3.63, 3.8) is 0 Å². The summed E-state index contributed by atoms with van der Waals surface area (Å²) in [6.45, 7) is 0. The van der Waals surface area contributed by atoms with Crippen molar-refractivity contribution >= 4 is 32.1 Å². The van der Waals surface area contributed by atoms with Crippen molar-refractivity contribution in [2.75, 3.05) is 0 Å². The zero-order chi connectivity index (χ0) is 11.8. The van der Waals surface area contributed by atoms with Gasteiger partial charge in [0.25, 0.3) is 0 Å². The summed E-state index contributed by atoms with van der Waals surface area (Å²) in [7, 11) is 0. The van der Waals surface area contributed by atoms with Crippen molar-refractivity contribution in [2.45, 2.75) is 6.04 Å². The molecule has 1 aromatic carbocycles. The van der Waals surface area contributed by atoms with Crippen LogP contribution in [0.25, 0.3) is 9.40 Å². The molecule has 0 aliphatic rings. The normalized spacial score (nSPS) is 13.1. The largest absolute Gasteiger partial charge is 0.320 e. The number of rotatable bonds is 2. The van der Waals surface area contributed by atoms with Crippen LogP contribution in [0.5, 0.6) is 0 Å². The lowest BCUT2D eigenvalue weighted by molar-refractivity contribution is 0.624. The van der Waals surface area contributed by atoms with E-state index in [-0.39, 0.29) is 11.9 Å². The summed E-state index contributed by atoms with van der Waals surface area (Å²) in [6.07, 6.45) is 0. The molecule has 0 amide bonds. The lowest BCUT2D eigenvalue weighted by Gasteiger charge is -2.09. The zero-order valence-electron chi connectivity index (χ0n) is 8.89. The highest BCUT2D eigenvalue weighted by atomic mass is 32.1. The van der Waals surface area contributed by atoms with E-state index < -0.39 is 0 Å². The molecule has 0 fully saturated rings. The lowest BCUT2D eigenvalue weighted by atomic mass is 10.1. The molecule has 0 saturated carbocycles. The number of fused-ring (bicyclic) bond motifs is 1. The van der Waals surface area contributed by atoms with Gasteiger partial charge in [0.15, 0.2) is 0 Å². The maximum atomic E-state index is 13.1. The summed E-state index contributed by atoms with van der Waals surface area (Å²) < 4.78 is 15.6. The maximum absolute atomic E-state index is 13.1. The standard InChI is InChI=1S/C13H10FNS2/c14-9-3-1-2-8(6-9)13(15)12-7-11-10(17-12)4-5-16-11/h1-7,13H,15H2. The summed E-state index contributed by atoms with van der Waals surface area (Å²) in [5, 5.41) is 2.07. The van der Waals surface area contributed by atoms with Gasteiger partial charge in [-0.15, -0.1) is 22.7 Å². The number of thiophene rings is 2. The van der Waals surface area contributed by atoms with E-state index in [9.17, 15) is 4.39 Å². The van der Waals surface area contributed by atoms with Gasteiger partial charge >= 0.3 is 0 Å². The van der Waals surface area contributed by atoms with Crippen LogP contribution < -0.4 is 5.73 Å². The summed E-state index contributed by atoms with van der Waals surface area (Å²) in [4.78, 5) is 1.08. The predicted molar refractivity (Wildman–Crippen MR) is 72.1 cm³/mol. The topological polar surface area (TPSA) is 26.0 Å². The highest BCUT2D eigenvalue weighted by Gasteiger charge is 2.13. The third kappa shape index (κ3) is 1.99. The summed E-state index contributed by atoms with van der Waals surface area (Å²) in [6, 6.07) is 10.4. The Bertz CT molecular complexity index is 628. The van der Waals surface area contributed by atoms with Gasteiger partial charge in [0.2, 0.25) is 0 Å². The first-order chi connectivity index (χ1) is 8.24. The second-order valence-corrected chi connectivity index (χ2v) is 5.89. The summed E-state index contributed by atoms with van der Waals surface area (Å²) in [5.74, 6) is -0.240. The van der Waals surface area contributed by atoms with Gasteiger partial charge in [0, 0.05) is 14.3 Å². The van der Waals surface area contributed by atoms with E-state index in [1.165, 1.54) is 21.5 Å². The van der Waals surface area contributed by atoms with E-state index in [2.05, 4.69) is 17.5 Å². The Morgan fingerprint density at radius 3 is 2.76 bits per heavy atom. The highest BCUT2D eigenvalue weighted by molar-refractivity contribution is 7.26. The Morgan fingerprint density at radius 1 is 1.12 bits per heavy atom. The number of halogens is 1. The van der Waals surface area contributed by atoms with Gasteiger partial charge in [-0.3, -0.25) is 0 Å². The van der Waals surface area contributed by atoms with E-state index in [0.29, 0.717) is 0 Å². The number of hydrogen-bond acceptors (Lipinski definition) is 3. The molecule has 2 heterocycles. The molecule has 3 aromatic rings. The van der Waals surface area contributed by atoms with Crippen molar-refractivity contribution < 1.29 is 4.39 Å². The fraction of sp³-hybridized carbons (Fsp3) is 0.0769. The minimum Gasteiger partial charge on any atom is -0.320 e. The van der Waals surface area contributed by atoms with Gasteiger partial charge in [-0.05, 0) is 35.2 Å². The van der Waals surface area contributed by atoms with Crippen LogP contribution in [0.2, 0.25) is 0 Å². The van der Waals surface area contributed by atoms with Gasteiger partial charge in [-0.1, -0.05) is 12.1 Å².